The van der Waals surface area contributed by atoms with Gasteiger partial charge in [0.05, 0.1) is 5.92 Å². The number of carbonyl (C=O) groups excluding carboxylic acids is 2. The zero-order valence-corrected chi connectivity index (χ0v) is 14.3. The molecule has 2 fully saturated rings. The minimum absolute atomic E-state index is 0.0308. The molecule has 2 heterocycles. The highest BCUT2D eigenvalue weighted by Gasteiger charge is 2.39. The number of carbonyl (C=O) groups is 2. The van der Waals surface area contributed by atoms with Crippen LogP contribution in [0.2, 0.25) is 0 Å². The van der Waals surface area contributed by atoms with Crippen LogP contribution in [0.5, 0.6) is 0 Å². The Bertz CT molecular complexity index is 599. The van der Waals surface area contributed by atoms with Crippen molar-refractivity contribution in [1.82, 2.24) is 4.90 Å². The Morgan fingerprint density at radius 2 is 2.04 bits per heavy atom. The Balaban J connectivity index is 1.66. The normalized spacial score (nSPS) is 24.0. The SMILES string of the molecule is Cc1ccc(N2C[C@@H](C(=O)N3CCC[C@@H]3CCCO)CC2=O)cc1. The lowest BCUT2D eigenvalue weighted by Gasteiger charge is -2.27. The Kier molecular flexibility index (Phi) is 5.19. The Morgan fingerprint density at radius 1 is 1.29 bits per heavy atom. The molecule has 0 spiro atoms. The van der Waals surface area contributed by atoms with Crippen molar-refractivity contribution in [3.63, 3.8) is 0 Å². The smallest absolute Gasteiger partial charge is 0.228 e. The number of benzene rings is 1. The first-order chi connectivity index (χ1) is 11.6. The fraction of sp³-hybridized carbons (Fsp3) is 0.579. The number of anilines is 1. The summed E-state index contributed by atoms with van der Waals surface area (Å²) < 4.78 is 0. The van der Waals surface area contributed by atoms with Crippen LogP contribution in [0.3, 0.4) is 0 Å². The van der Waals surface area contributed by atoms with Gasteiger partial charge in [0.1, 0.15) is 0 Å². The van der Waals surface area contributed by atoms with E-state index in [2.05, 4.69) is 0 Å². The van der Waals surface area contributed by atoms with Crippen molar-refractivity contribution in [1.29, 1.82) is 0 Å². The summed E-state index contributed by atoms with van der Waals surface area (Å²) >= 11 is 0. The van der Waals surface area contributed by atoms with Crippen molar-refractivity contribution < 1.29 is 14.7 Å². The number of hydrogen-bond donors (Lipinski definition) is 1. The quantitative estimate of drug-likeness (QED) is 0.899. The lowest BCUT2D eigenvalue weighted by atomic mass is 10.0. The van der Waals surface area contributed by atoms with E-state index in [1.165, 1.54) is 0 Å². The summed E-state index contributed by atoms with van der Waals surface area (Å²) in [5, 5.41) is 9.02. The summed E-state index contributed by atoms with van der Waals surface area (Å²) in [5.41, 5.74) is 2.03. The van der Waals surface area contributed by atoms with Crippen LogP contribution >= 0.6 is 0 Å². The second kappa shape index (κ2) is 7.34. The van der Waals surface area contributed by atoms with E-state index in [4.69, 9.17) is 5.11 Å². The molecule has 0 radical (unpaired) electrons. The maximum atomic E-state index is 12.9. The number of likely N-dealkylation sites (tertiary alicyclic amines) is 1. The van der Waals surface area contributed by atoms with Crippen LogP contribution < -0.4 is 4.90 Å². The number of amides is 2. The highest BCUT2D eigenvalue weighted by molar-refractivity contribution is 6.00. The van der Waals surface area contributed by atoms with Gasteiger partial charge in [-0.2, -0.15) is 0 Å². The topological polar surface area (TPSA) is 60.9 Å². The number of nitrogens with zero attached hydrogens (tertiary/aromatic N) is 2. The van der Waals surface area contributed by atoms with E-state index in [0.29, 0.717) is 13.0 Å². The van der Waals surface area contributed by atoms with Gasteiger partial charge in [-0.05, 0) is 44.7 Å². The van der Waals surface area contributed by atoms with Crippen LogP contribution in [-0.2, 0) is 9.59 Å². The van der Waals surface area contributed by atoms with Crippen molar-refractivity contribution >= 4 is 17.5 Å². The molecule has 2 amide bonds. The monoisotopic (exact) mass is 330 g/mol. The third-order valence-electron chi connectivity index (χ3n) is 5.18. The average molecular weight is 330 g/mol. The van der Waals surface area contributed by atoms with Gasteiger partial charge in [0, 0.05) is 37.8 Å². The van der Waals surface area contributed by atoms with E-state index in [1.807, 2.05) is 36.1 Å². The van der Waals surface area contributed by atoms with Crippen LogP contribution in [-0.4, -0.2) is 47.6 Å². The highest BCUT2D eigenvalue weighted by atomic mass is 16.3. The molecule has 5 nitrogen and oxygen atoms in total. The Labute approximate surface area is 143 Å². The Hall–Kier alpha value is -1.88. The molecule has 2 saturated heterocycles. The van der Waals surface area contributed by atoms with Gasteiger partial charge in [0.25, 0.3) is 0 Å². The first-order valence-corrected chi connectivity index (χ1v) is 8.88. The van der Waals surface area contributed by atoms with Crippen LogP contribution in [0, 0.1) is 12.8 Å². The van der Waals surface area contributed by atoms with E-state index in [-0.39, 0.29) is 30.4 Å². The van der Waals surface area contributed by atoms with Crippen molar-refractivity contribution in [2.24, 2.45) is 5.92 Å². The first kappa shape index (κ1) is 17.0. The zero-order chi connectivity index (χ0) is 17.1. The van der Waals surface area contributed by atoms with Crippen molar-refractivity contribution in [2.75, 3.05) is 24.6 Å². The molecule has 0 saturated carbocycles. The molecule has 1 aromatic carbocycles. The number of aliphatic hydroxyl groups is 1. The molecule has 2 atom stereocenters. The van der Waals surface area contributed by atoms with E-state index < -0.39 is 0 Å². The molecule has 130 valence electrons. The maximum absolute atomic E-state index is 12.9. The van der Waals surface area contributed by atoms with E-state index in [9.17, 15) is 9.59 Å². The van der Waals surface area contributed by atoms with Crippen LogP contribution in [0.4, 0.5) is 5.69 Å². The third-order valence-corrected chi connectivity index (χ3v) is 5.18. The van der Waals surface area contributed by atoms with Gasteiger partial charge in [-0.3, -0.25) is 9.59 Å². The second-order valence-corrected chi connectivity index (χ2v) is 6.93. The summed E-state index contributed by atoms with van der Waals surface area (Å²) in [4.78, 5) is 28.9. The molecular formula is C19H26N2O3. The number of hydrogen-bond acceptors (Lipinski definition) is 3. The molecule has 0 unspecified atom stereocenters. The van der Waals surface area contributed by atoms with Crippen molar-refractivity contribution in [3.05, 3.63) is 29.8 Å². The zero-order valence-electron chi connectivity index (χ0n) is 14.3. The fourth-order valence-electron chi connectivity index (χ4n) is 3.83. The van der Waals surface area contributed by atoms with Gasteiger partial charge in [0.2, 0.25) is 11.8 Å². The van der Waals surface area contributed by atoms with Crippen LogP contribution in [0.15, 0.2) is 24.3 Å². The molecule has 1 aromatic rings. The van der Waals surface area contributed by atoms with E-state index >= 15 is 0 Å². The fourth-order valence-corrected chi connectivity index (χ4v) is 3.83. The number of aryl methyl sites for hydroxylation is 1. The molecule has 24 heavy (non-hydrogen) atoms. The number of aliphatic hydroxyl groups excluding tert-OH is 1. The largest absolute Gasteiger partial charge is 0.396 e. The average Bonchev–Trinajstić information content (AvgIpc) is 3.19. The van der Waals surface area contributed by atoms with Gasteiger partial charge >= 0.3 is 0 Å². The lowest BCUT2D eigenvalue weighted by molar-refractivity contribution is -0.136. The van der Waals surface area contributed by atoms with Crippen LogP contribution in [0.1, 0.15) is 37.7 Å². The minimum Gasteiger partial charge on any atom is -0.396 e. The molecule has 5 heteroatoms. The van der Waals surface area contributed by atoms with Crippen molar-refractivity contribution in [3.8, 4) is 0 Å². The molecular weight excluding hydrogens is 304 g/mol. The van der Waals surface area contributed by atoms with Crippen molar-refractivity contribution in [2.45, 2.75) is 45.1 Å². The summed E-state index contributed by atoms with van der Waals surface area (Å²) in [5.74, 6) is -0.102. The summed E-state index contributed by atoms with van der Waals surface area (Å²) in [6.07, 6.45) is 3.91. The molecule has 1 N–H and O–H groups in total. The molecule has 0 bridgehead atoms. The molecule has 0 aromatic heterocycles. The van der Waals surface area contributed by atoms with E-state index in [1.54, 1.807) is 4.90 Å². The summed E-state index contributed by atoms with van der Waals surface area (Å²) in [6.45, 7) is 3.44. The van der Waals surface area contributed by atoms with Gasteiger partial charge in [-0.1, -0.05) is 17.7 Å². The highest BCUT2D eigenvalue weighted by Crippen LogP contribution is 2.30. The van der Waals surface area contributed by atoms with Gasteiger partial charge in [-0.25, -0.2) is 0 Å². The predicted octanol–water partition coefficient (Wildman–Crippen LogP) is 2.11. The number of rotatable bonds is 5. The summed E-state index contributed by atoms with van der Waals surface area (Å²) in [6, 6.07) is 8.10. The van der Waals surface area contributed by atoms with Gasteiger partial charge in [0.15, 0.2) is 0 Å². The van der Waals surface area contributed by atoms with Gasteiger partial charge < -0.3 is 14.9 Å². The van der Waals surface area contributed by atoms with Gasteiger partial charge in [-0.15, -0.1) is 0 Å². The van der Waals surface area contributed by atoms with Crippen LogP contribution in [0.25, 0.3) is 0 Å². The van der Waals surface area contributed by atoms with E-state index in [0.717, 1.165) is 43.5 Å². The molecule has 2 aliphatic rings. The standard InChI is InChI=1S/C19H26N2O3/c1-14-6-8-17(9-7-14)21-13-15(12-18(21)23)19(24)20-10-2-4-16(20)5-3-11-22/h6-9,15-16,22H,2-5,10-13H2,1H3/t15-,16+/m0/s1. The molecule has 2 aliphatic heterocycles. The summed E-state index contributed by atoms with van der Waals surface area (Å²) in [7, 11) is 0. The third kappa shape index (κ3) is 3.46. The second-order valence-electron chi connectivity index (χ2n) is 6.93. The Morgan fingerprint density at radius 3 is 2.75 bits per heavy atom. The molecule has 0 aliphatic carbocycles. The minimum atomic E-state index is -0.242. The first-order valence-electron chi connectivity index (χ1n) is 8.88. The maximum Gasteiger partial charge on any atom is 0.228 e. The lowest BCUT2D eigenvalue weighted by Crippen LogP contribution is -2.40. The predicted molar refractivity (Wildman–Crippen MR) is 92.7 cm³/mol. The molecule has 3 rings (SSSR count).